The lowest BCUT2D eigenvalue weighted by Gasteiger charge is -2.22. The van der Waals surface area contributed by atoms with Gasteiger partial charge in [0.2, 0.25) is 0 Å². The fraction of sp³-hybridized carbons (Fsp3) is 0.667. The Kier molecular flexibility index (Phi) is 6.55. The standard InChI is InChI=1S/C18H29NO/c1-15(2)12-19-13-16-8-10-17(11-9-16)14-20-18-6-4-3-5-7-18/h8-11,15,18-19H,3-7,12-14H2,1-2H3. The molecule has 0 radical (unpaired) electrons. The first-order valence-electron chi connectivity index (χ1n) is 8.14. The fourth-order valence-electron chi connectivity index (χ4n) is 2.70. The van der Waals surface area contributed by atoms with E-state index in [2.05, 4.69) is 43.4 Å². The first kappa shape index (κ1) is 15.5. The van der Waals surface area contributed by atoms with Crippen molar-refractivity contribution in [3.8, 4) is 0 Å². The molecule has 0 unspecified atom stereocenters. The van der Waals surface area contributed by atoms with Crippen LogP contribution in [0.25, 0.3) is 0 Å². The van der Waals surface area contributed by atoms with Crippen molar-refractivity contribution in [2.75, 3.05) is 6.54 Å². The van der Waals surface area contributed by atoms with Crippen molar-refractivity contribution in [2.45, 2.75) is 65.2 Å². The highest BCUT2D eigenvalue weighted by atomic mass is 16.5. The second-order valence-electron chi connectivity index (χ2n) is 6.41. The van der Waals surface area contributed by atoms with Crippen LogP contribution in [-0.2, 0) is 17.9 Å². The number of nitrogens with one attached hydrogen (secondary N) is 1. The minimum Gasteiger partial charge on any atom is -0.374 e. The predicted octanol–water partition coefficient (Wildman–Crippen LogP) is 4.28. The number of hydrogen-bond acceptors (Lipinski definition) is 2. The van der Waals surface area contributed by atoms with E-state index < -0.39 is 0 Å². The Bertz CT molecular complexity index is 366. The van der Waals surface area contributed by atoms with Gasteiger partial charge in [0.15, 0.2) is 0 Å². The van der Waals surface area contributed by atoms with Gasteiger partial charge < -0.3 is 10.1 Å². The fourth-order valence-corrected chi connectivity index (χ4v) is 2.70. The molecule has 1 N–H and O–H groups in total. The Hall–Kier alpha value is -0.860. The summed E-state index contributed by atoms with van der Waals surface area (Å²) in [5.74, 6) is 0.707. The lowest BCUT2D eigenvalue weighted by molar-refractivity contribution is 0.0168. The first-order chi connectivity index (χ1) is 9.74. The van der Waals surface area contributed by atoms with Crippen LogP contribution < -0.4 is 5.32 Å². The molecular weight excluding hydrogens is 246 g/mol. The monoisotopic (exact) mass is 275 g/mol. The average Bonchev–Trinajstić information content (AvgIpc) is 2.47. The van der Waals surface area contributed by atoms with Gasteiger partial charge in [0, 0.05) is 6.54 Å². The zero-order chi connectivity index (χ0) is 14.2. The molecule has 1 aromatic rings. The second-order valence-corrected chi connectivity index (χ2v) is 6.41. The topological polar surface area (TPSA) is 21.3 Å². The Labute approximate surface area is 123 Å². The van der Waals surface area contributed by atoms with E-state index in [4.69, 9.17) is 4.74 Å². The predicted molar refractivity (Wildman–Crippen MR) is 84.6 cm³/mol. The summed E-state index contributed by atoms with van der Waals surface area (Å²) < 4.78 is 6.01. The van der Waals surface area contributed by atoms with Gasteiger partial charge in [-0.25, -0.2) is 0 Å². The second kappa shape index (κ2) is 8.43. The quantitative estimate of drug-likeness (QED) is 0.802. The summed E-state index contributed by atoms with van der Waals surface area (Å²) in [4.78, 5) is 0. The van der Waals surface area contributed by atoms with Gasteiger partial charge in [-0.2, -0.15) is 0 Å². The Morgan fingerprint density at radius 1 is 1.05 bits per heavy atom. The molecule has 1 aromatic carbocycles. The van der Waals surface area contributed by atoms with Crippen molar-refractivity contribution >= 4 is 0 Å². The highest BCUT2D eigenvalue weighted by Crippen LogP contribution is 2.21. The maximum Gasteiger partial charge on any atom is 0.0720 e. The third-order valence-corrected chi connectivity index (χ3v) is 3.94. The molecule has 2 nitrogen and oxygen atoms in total. The van der Waals surface area contributed by atoms with Crippen LogP contribution in [0.15, 0.2) is 24.3 Å². The van der Waals surface area contributed by atoms with E-state index in [-0.39, 0.29) is 0 Å². The summed E-state index contributed by atoms with van der Waals surface area (Å²) in [6, 6.07) is 8.84. The molecule has 1 aliphatic rings. The largest absolute Gasteiger partial charge is 0.374 e. The zero-order valence-corrected chi connectivity index (χ0v) is 13.0. The molecule has 20 heavy (non-hydrogen) atoms. The minimum absolute atomic E-state index is 0.496. The van der Waals surface area contributed by atoms with Crippen LogP contribution in [0.4, 0.5) is 0 Å². The Balaban J connectivity index is 1.70. The third-order valence-electron chi connectivity index (χ3n) is 3.94. The molecule has 0 saturated heterocycles. The van der Waals surface area contributed by atoms with Crippen molar-refractivity contribution < 1.29 is 4.74 Å². The molecule has 0 aromatic heterocycles. The van der Waals surface area contributed by atoms with E-state index in [1.54, 1.807) is 0 Å². The first-order valence-corrected chi connectivity index (χ1v) is 8.14. The highest BCUT2D eigenvalue weighted by Gasteiger charge is 2.13. The van der Waals surface area contributed by atoms with E-state index in [1.807, 2.05) is 0 Å². The van der Waals surface area contributed by atoms with Gasteiger partial charge in [0.1, 0.15) is 0 Å². The van der Waals surface area contributed by atoms with Gasteiger partial charge in [-0.15, -0.1) is 0 Å². The SMILES string of the molecule is CC(C)CNCc1ccc(COC2CCCCC2)cc1. The summed E-state index contributed by atoms with van der Waals surface area (Å²) in [7, 11) is 0. The molecule has 0 heterocycles. The van der Waals surface area contributed by atoms with Gasteiger partial charge >= 0.3 is 0 Å². The summed E-state index contributed by atoms with van der Waals surface area (Å²) in [5.41, 5.74) is 2.65. The Morgan fingerprint density at radius 3 is 2.35 bits per heavy atom. The summed E-state index contributed by atoms with van der Waals surface area (Å²) in [6.45, 7) is 7.27. The summed E-state index contributed by atoms with van der Waals surface area (Å²) >= 11 is 0. The van der Waals surface area contributed by atoms with Crippen molar-refractivity contribution in [2.24, 2.45) is 5.92 Å². The zero-order valence-electron chi connectivity index (χ0n) is 13.0. The number of ether oxygens (including phenoxy) is 1. The molecule has 2 rings (SSSR count). The van der Waals surface area contributed by atoms with E-state index in [9.17, 15) is 0 Å². The molecule has 0 bridgehead atoms. The molecule has 0 amide bonds. The molecule has 112 valence electrons. The van der Waals surface area contributed by atoms with Gasteiger partial charge in [-0.3, -0.25) is 0 Å². The van der Waals surface area contributed by atoms with Gasteiger partial charge in [0.25, 0.3) is 0 Å². The lowest BCUT2D eigenvalue weighted by Crippen LogP contribution is -2.19. The van der Waals surface area contributed by atoms with Crippen LogP contribution in [0.1, 0.15) is 57.1 Å². The van der Waals surface area contributed by atoms with Crippen LogP contribution in [0.3, 0.4) is 0 Å². The molecule has 2 heteroatoms. The van der Waals surface area contributed by atoms with Crippen LogP contribution in [0, 0.1) is 5.92 Å². The smallest absolute Gasteiger partial charge is 0.0720 e. The van der Waals surface area contributed by atoms with Crippen molar-refractivity contribution in [1.82, 2.24) is 5.32 Å². The minimum atomic E-state index is 0.496. The summed E-state index contributed by atoms with van der Waals surface area (Å²) in [6.07, 6.45) is 7.05. The van der Waals surface area contributed by atoms with Crippen molar-refractivity contribution in [1.29, 1.82) is 0 Å². The third kappa shape index (κ3) is 5.64. The number of hydrogen-bond donors (Lipinski definition) is 1. The maximum atomic E-state index is 6.01. The van der Waals surface area contributed by atoms with Crippen LogP contribution in [0.5, 0.6) is 0 Å². The molecule has 1 aliphatic carbocycles. The molecule has 1 saturated carbocycles. The van der Waals surface area contributed by atoms with Gasteiger partial charge in [0.05, 0.1) is 12.7 Å². The molecule has 0 aliphatic heterocycles. The van der Waals surface area contributed by atoms with Crippen molar-refractivity contribution in [3.63, 3.8) is 0 Å². The summed E-state index contributed by atoms with van der Waals surface area (Å²) in [5, 5.41) is 3.47. The maximum absolute atomic E-state index is 6.01. The molecule has 0 atom stereocenters. The van der Waals surface area contributed by atoms with E-state index >= 15 is 0 Å². The Morgan fingerprint density at radius 2 is 1.70 bits per heavy atom. The average molecular weight is 275 g/mol. The normalized spacial score (nSPS) is 16.8. The molecular formula is C18H29NO. The van der Waals surface area contributed by atoms with Crippen LogP contribution >= 0.6 is 0 Å². The van der Waals surface area contributed by atoms with Gasteiger partial charge in [-0.1, -0.05) is 57.4 Å². The van der Waals surface area contributed by atoms with Crippen LogP contribution in [-0.4, -0.2) is 12.6 Å². The molecule has 0 spiro atoms. The lowest BCUT2D eigenvalue weighted by atomic mass is 9.98. The van der Waals surface area contributed by atoms with E-state index in [0.717, 1.165) is 19.7 Å². The highest BCUT2D eigenvalue weighted by molar-refractivity contribution is 5.21. The van der Waals surface area contributed by atoms with Crippen LogP contribution in [0.2, 0.25) is 0 Å². The van der Waals surface area contributed by atoms with Gasteiger partial charge in [-0.05, 0) is 36.4 Å². The number of rotatable bonds is 7. The molecule has 1 fully saturated rings. The van der Waals surface area contributed by atoms with Crippen molar-refractivity contribution in [3.05, 3.63) is 35.4 Å². The van der Waals surface area contributed by atoms with E-state index in [1.165, 1.54) is 43.2 Å². The number of benzene rings is 1. The van der Waals surface area contributed by atoms with E-state index in [0.29, 0.717) is 12.0 Å².